The van der Waals surface area contributed by atoms with Gasteiger partial charge < -0.3 is 23.8 Å². The van der Waals surface area contributed by atoms with Gasteiger partial charge >= 0.3 is 0 Å². The van der Waals surface area contributed by atoms with E-state index in [1.54, 1.807) is 28.9 Å². The number of rotatable bonds is 9. The summed E-state index contributed by atoms with van der Waals surface area (Å²) < 4.78 is 25.5. The van der Waals surface area contributed by atoms with Crippen molar-refractivity contribution in [2.75, 3.05) is 23.0 Å². The predicted octanol–water partition coefficient (Wildman–Crippen LogP) is 5.50. The number of aryl methyl sites for hydroxylation is 1. The van der Waals surface area contributed by atoms with Crippen LogP contribution in [0.3, 0.4) is 0 Å². The third kappa shape index (κ3) is 5.54. The first kappa shape index (κ1) is 31.1. The monoisotopic (exact) mass is 683 g/mol. The second-order valence-corrected chi connectivity index (χ2v) is 17.4. The van der Waals surface area contributed by atoms with E-state index in [0.717, 1.165) is 46.4 Å². The van der Waals surface area contributed by atoms with E-state index in [-0.39, 0.29) is 18.4 Å². The zero-order valence-corrected chi connectivity index (χ0v) is 28.0. The van der Waals surface area contributed by atoms with Gasteiger partial charge in [-0.05, 0) is 68.3 Å². The number of amides is 2. The highest BCUT2D eigenvalue weighted by molar-refractivity contribution is 9.10. The smallest absolute Gasteiger partial charge is 0.264 e. The average molecular weight is 685 g/mol. The van der Waals surface area contributed by atoms with E-state index in [9.17, 15) is 14.7 Å². The molecule has 1 aromatic heterocycles. The summed E-state index contributed by atoms with van der Waals surface area (Å²) in [6, 6.07) is 13.6. The molecule has 0 saturated carbocycles. The molecular weight excluding hydrogens is 645 g/mol. The Morgan fingerprint density at radius 2 is 1.93 bits per heavy atom. The van der Waals surface area contributed by atoms with Gasteiger partial charge in [-0.2, -0.15) is 0 Å². The summed E-state index contributed by atoms with van der Waals surface area (Å²) in [5.74, 6) is -0.423. The van der Waals surface area contributed by atoms with Crippen LogP contribution in [0.2, 0.25) is 18.6 Å². The van der Waals surface area contributed by atoms with Gasteiger partial charge in [0.25, 0.3) is 5.91 Å². The predicted molar refractivity (Wildman–Crippen MR) is 171 cm³/mol. The van der Waals surface area contributed by atoms with Crippen molar-refractivity contribution in [3.8, 4) is 0 Å². The highest BCUT2D eigenvalue weighted by Gasteiger charge is 2.66. The fraction of sp³-hybridized carbons (Fsp3) is 0.500. The van der Waals surface area contributed by atoms with E-state index in [1.165, 1.54) is 0 Å². The van der Waals surface area contributed by atoms with E-state index in [4.69, 9.17) is 4.74 Å². The van der Waals surface area contributed by atoms with Gasteiger partial charge in [-0.3, -0.25) is 14.3 Å². The lowest BCUT2D eigenvalue weighted by Crippen LogP contribution is -2.45. The summed E-state index contributed by atoms with van der Waals surface area (Å²) in [5.41, 5.74) is 2.30. The maximum Gasteiger partial charge on any atom is 0.264 e. The van der Waals surface area contributed by atoms with Crippen LogP contribution in [0.25, 0.3) is 0 Å². The second kappa shape index (κ2) is 12.1. The fourth-order valence-electron chi connectivity index (χ4n) is 7.43. The normalized spacial score (nSPS) is 25.4. The molecule has 0 unspecified atom stereocenters. The van der Waals surface area contributed by atoms with E-state index in [0.29, 0.717) is 38.0 Å². The number of aliphatic hydroxyl groups excluding tert-OH is 1. The van der Waals surface area contributed by atoms with Gasteiger partial charge in [0.2, 0.25) is 14.3 Å². The number of carbonyl (C=O) groups is 2. The Labute approximate surface area is 266 Å². The van der Waals surface area contributed by atoms with Crippen molar-refractivity contribution in [3.05, 3.63) is 70.0 Å². The van der Waals surface area contributed by atoms with Crippen molar-refractivity contribution in [2.24, 2.45) is 5.92 Å². The number of hydrogen-bond acceptors (Lipinski definition) is 6. The number of aliphatic hydroxyl groups is 1. The quantitative estimate of drug-likeness (QED) is 0.236. The largest absolute Gasteiger partial charge is 0.396 e. The second-order valence-electron chi connectivity index (χ2n) is 12.7. The lowest BCUT2D eigenvalue weighted by molar-refractivity contribution is -0.146. The van der Waals surface area contributed by atoms with Gasteiger partial charge in [-0.15, -0.1) is 5.10 Å². The topological polar surface area (TPSA) is 101 Å². The Morgan fingerprint density at radius 1 is 1.16 bits per heavy atom. The third-order valence-corrected chi connectivity index (χ3v) is 12.4. The number of halogens is 2. The SMILES string of the molecule is C[C@@H]1[C@@H]([Si](C)(C)F)[C@H](CCn2cc(CCO)nn2)O[C@@]12C(=O)N(Cc1ccc(N3CCCCC3=O)cc1)c1ccc(Br)cc12. The maximum absolute atomic E-state index is 16.1. The molecule has 2 aromatic carbocycles. The highest BCUT2D eigenvalue weighted by Crippen LogP contribution is 2.60. The van der Waals surface area contributed by atoms with Gasteiger partial charge in [-0.1, -0.05) is 40.2 Å². The molecule has 0 bridgehead atoms. The Morgan fingerprint density at radius 3 is 2.64 bits per heavy atom. The summed E-state index contributed by atoms with van der Waals surface area (Å²) in [6.07, 6.45) is 4.69. The Bertz CT molecular complexity index is 1550. The van der Waals surface area contributed by atoms with Gasteiger partial charge in [0.15, 0.2) is 5.60 Å². The number of piperidine rings is 1. The minimum absolute atomic E-state index is 0.00990. The molecule has 0 radical (unpaired) electrons. The third-order valence-electron chi connectivity index (χ3n) is 9.43. The van der Waals surface area contributed by atoms with Crippen molar-refractivity contribution in [2.45, 2.75) is 82.5 Å². The van der Waals surface area contributed by atoms with E-state index in [1.807, 2.05) is 54.3 Å². The molecule has 234 valence electrons. The van der Waals surface area contributed by atoms with Crippen molar-refractivity contribution in [1.29, 1.82) is 0 Å². The van der Waals surface area contributed by atoms with E-state index < -0.39 is 31.6 Å². The van der Waals surface area contributed by atoms with Crippen LogP contribution in [-0.4, -0.2) is 59.6 Å². The van der Waals surface area contributed by atoms with Crippen LogP contribution in [0, 0.1) is 5.92 Å². The number of ether oxygens (including phenoxy) is 1. The van der Waals surface area contributed by atoms with E-state index >= 15 is 4.11 Å². The Kier molecular flexibility index (Phi) is 8.55. The molecular formula is C32H39BrFN5O4Si. The summed E-state index contributed by atoms with van der Waals surface area (Å²) in [4.78, 5) is 30.6. The number of nitrogens with zero attached hydrogens (tertiary/aromatic N) is 5. The van der Waals surface area contributed by atoms with Crippen LogP contribution in [-0.2, 0) is 39.4 Å². The first-order chi connectivity index (χ1) is 21.0. The molecule has 1 N–H and O–H groups in total. The van der Waals surface area contributed by atoms with Crippen LogP contribution in [0.5, 0.6) is 0 Å². The molecule has 2 fully saturated rings. The molecule has 9 nitrogen and oxygen atoms in total. The van der Waals surface area contributed by atoms with E-state index in [2.05, 4.69) is 26.2 Å². The molecule has 1 spiro atoms. The average Bonchev–Trinajstić information content (AvgIpc) is 3.63. The molecule has 2 saturated heterocycles. The van der Waals surface area contributed by atoms with Gasteiger partial charge in [0, 0.05) is 65.9 Å². The zero-order valence-electron chi connectivity index (χ0n) is 25.4. The van der Waals surface area contributed by atoms with Gasteiger partial charge in [0.1, 0.15) is 0 Å². The summed E-state index contributed by atoms with van der Waals surface area (Å²) in [5, 5.41) is 17.5. The zero-order chi connectivity index (χ0) is 31.2. The van der Waals surface area contributed by atoms with Crippen LogP contribution >= 0.6 is 15.9 Å². The molecule has 3 aliphatic rings. The molecule has 4 heterocycles. The van der Waals surface area contributed by atoms with Crippen LogP contribution < -0.4 is 9.80 Å². The lowest BCUT2D eigenvalue weighted by atomic mass is 9.82. The number of aromatic nitrogens is 3. The minimum Gasteiger partial charge on any atom is -0.396 e. The standard InChI is InChI=1S/C32H39BrFN5O4Si/c1-21-30(44(2,3)34)28(13-16-37-20-24(14-17-40)35-36-37)43-32(21)26-18-23(33)9-12-27(26)39(31(32)42)19-22-7-10-25(11-8-22)38-15-5-4-6-29(38)41/h7-12,18,20-21,28,30,40H,4-6,13-17,19H2,1-3H3/t21-,28+,30-,32+/m1/s1. The number of anilines is 2. The van der Waals surface area contributed by atoms with Crippen molar-refractivity contribution >= 4 is 47.5 Å². The molecule has 44 heavy (non-hydrogen) atoms. The van der Waals surface area contributed by atoms with Crippen molar-refractivity contribution in [3.63, 3.8) is 0 Å². The fourth-order valence-corrected chi connectivity index (χ4v) is 10.3. The van der Waals surface area contributed by atoms with Crippen molar-refractivity contribution in [1.82, 2.24) is 15.0 Å². The summed E-state index contributed by atoms with van der Waals surface area (Å²) in [7, 11) is -3.30. The number of fused-ring (bicyclic) bond motifs is 2. The van der Waals surface area contributed by atoms with Gasteiger partial charge in [0.05, 0.1) is 24.0 Å². The molecule has 0 aliphatic carbocycles. The molecule has 3 aromatic rings. The summed E-state index contributed by atoms with van der Waals surface area (Å²) in [6.45, 7) is 6.87. The van der Waals surface area contributed by atoms with Crippen LogP contribution in [0.1, 0.15) is 49.4 Å². The number of carbonyl (C=O) groups excluding carboxylic acids is 2. The molecule has 2 amide bonds. The number of benzene rings is 2. The Balaban J connectivity index is 1.29. The van der Waals surface area contributed by atoms with Crippen LogP contribution in [0.15, 0.2) is 53.1 Å². The molecule has 3 aliphatic heterocycles. The lowest BCUT2D eigenvalue weighted by Gasteiger charge is -2.31. The first-order valence-corrected chi connectivity index (χ1v) is 19.2. The molecule has 6 rings (SSSR count). The summed E-state index contributed by atoms with van der Waals surface area (Å²) >= 11 is 3.60. The highest BCUT2D eigenvalue weighted by atomic mass is 79.9. The van der Waals surface area contributed by atoms with Crippen molar-refractivity contribution < 1.29 is 23.5 Å². The van der Waals surface area contributed by atoms with Crippen LogP contribution in [0.4, 0.5) is 15.5 Å². The maximum atomic E-state index is 16.1. The first-order valence-electron chi connectivity index (χ1n) is 15.4. The minimum atomic E-state index is -3.30. The van der Waals surface area contributed by atoms with Gasteiger partial charge in [-0.25, -0.2) is 0 Å². The number of hydrogen-bond donors (Lipinski definition) is 1. The molecule has 4 atom stereocenters. The molecule has 12 heteroatoms. The Hall–Kier alpha value is -2.93.